The molecule has 1 nitrogen and oxygen atoms in total. The number of nitrogens with zero attached hydrogens (tertiary/aromatic N) is 1. The maximum Gasteiger partial charge on any atom is 0.214 e. The predicted molar refractivity (Wildman–Crippen MR) is 40.2 cm³/mol. The molecule has 1 heteroatoms. The molecule has 0 fully saturated rings. The second-order valence-corrected chi connectivity index (χ2v) is 3.55. The first-order chi connectivity index (χ1) is 4.06. The van der Waals surface area contributed by atoms with Gasteiger partial charge in [-0.15, -0.1) is 0 Å². The SMILES string of the molecule is [C-]#[N+]CCCC(C)(C)C. The molecule has 0 aliphatic heterocycles. The van der Waals surface area contributed by atoms with Crippen molar-refractivity contribution in [2.24, 2.45) is 5.41 Å². The third-order valence-electron chi connectivity index (χ3n) is 1.20. The fourth-order valence-corrected chi connectivity index (χ4v) is 0.688. The molecule has 0 N–H and O–H groups in total. The molecule has 0 atom stereocenters. The van der Waals surface area contributed by atoms with Crippen LogP contribution in [-0.4, -0.2) is 6.54 Å². The van der Waals surface area contributed by atoms with Crippen LogP contribution in [0.4, 0.5) is 0 Å². The minimum absolute atomic E-state index is 0.407. The molecule has 0 unspecified atom stereocenters. The molecule has 0 aromatic heterocycles. The Kier molecular flexibility index (Phi) is 3.30. The average Bonchev–Trinajstić information content (AvgIpc) is 1.63. The van der Waals surface area contributed by atoms with Crippen LogP contribution >= 0.6 is 0 Å². The molecule has 0 bridgehead atoms. The van der Waals surface area contributed by atoms with Crippen LogP contribution < -0.4 is 0 Å². The van der Waals surface area contributed by atoms with Gasteiger partial charge < -0.3 is 4.85 Å². The third kappa shape index (κ3) is 7.49. The second kappa shape index (κ2) is 3.50. The molecule has 9 heavy (non-hydrogen) atoms. The summed E-state index contributed by atoms with van der Waals surface area (Å²) in [6.07, 6.45) is 2.21. The Morgan fingerprint density at radius 1 is 1.33 bits per heavy atom. The molecule has 0 amide bonds. The summed E-state index contributed by atoms with van der Waals surface area (Å²) in [4.78, 5) is 3.29. The molecule has 0 aromatic carbocycles. The van der Waals surface area contributed by atoms with E-state index in [9.17, 15) is 0 Å². The molecule has 0 radical (unpaired) electrons. The topological polar surface area (TPSA) is 4.36 Å². The zero-order chi connectivity index (χ0) is 7.33. The van der Waals surface area contributed by atoms with Gasteiger partial charge in [0.2, 0.25) is 6.54 Å². The summed E-state index contributed by atoms with van der Waals surface area (Å²) >= 11 is 0. The fourth-order valence-electron chi connectivity index (χ4n) is 0.688. The van der Waals surface area contributed by atoms with E-state index >= 15 is 0 Å². The maximum absolute atomic E-state index is 6.54. The normalized spacial score (nSPS) is 10.9. The van der Waals surface area contributed by atoms with E-state index in [4.69, 9.17) is 6.57 Å². The van der Waals surface area contributed by atoms with E-state index in [0.29, 0.717) is 12.0 Å². The molecule has 0 spiro atoms. The zero-order valence-electron chi connectivity index (χ0n) is 6.57. The van der Waals surface area contributed by atoms with Crippen LogP contribution in [0.2, 0.25) is 0 Å². The Morgan fingerprint density at radius 3 is 2.22 bits per heavy atom. The molecule has 52 valence electrons. The van der Waals surface area contributed by atoms with Crippen LogP contribution in [0, 0.1) is 12.0 Å². The number of hydrogen-bond acceptors (Lipinski definition) is 0. The highest BCUT2D eigenvalue weighted by molar-refractivity contribution is 4.65. The Balaban J connectivity index is 3.20. The fraction of sp³-hybridized carbons (Fsp3) is 0.875. The minimum atomic E-state index is 0.407. The van der Waals surface area contributed by atoms with Crippen LogP contribution in [0.1, 0.15) is 33.6 Å². The Bertz CT molecular complexity index is 103. The molecule has 0 heterocycles. The van der Waals surface area contributed by atoms with E-state index in [0.717, 1.165) is 12.8 Å². The molecule has 0 aliphatic rings. The van der Waals surface area contributed by atoms with Crippen LogP contribution in [0.3, 0.4) is 0 Å². The molecule has 0 saturated heterocycles. The van der Waals surface area contributed by atoms with Gasteiger partial charge in [0.15, 0.2) is 0 Å². The van der Waals surface area contributed by atoms with E-state index < -0.39 is 0 Å². The first-order valence-electron chi connectivity index (χ1n) is 3.39. The Morgan fingerprint density at radius 2 is 1.89 bits per heavy atom. The van der Waals surface area contributed by atoms with Crippen LogP contribution in [0.25, 0.3) is 4.85 Å². The smallest absolute Gasteiger partial charge is 0.214 e. The van der Waals surface area contributed by atoms with Gasteiger partial charge in [-0.05, 0) is 11.8 Å². The molecular formula is C8H15N. The second-order valence-electron chi connectivity index (χ2n) is 3.55. The van der Waals surface area contributed by atoms with Gasteiger partial charge in [0, 0.05) is 6.42 Å². The van der Waals surface area contributed by atoms with Gasteiger partial charge in [-0.3, -0.25) is 0 Å². The highest BCUT2D eigenvalue weighted by Crippen LogP contribution is 2.19. The van der Waals surface area contributed by atoms with Crippen LogP contribution in [0.15, 0.2) is 0 Å². The summed E-state index contributed by atoms with van der Waals surface area (Å²) in [5.74, 6) is 0. The van der Waals surface area contributed by atoms with Crippen molar-refractivity contribution < 1.29 is 0 Å². The van der Waals surface area contributed by atoms with Gasteiger partial charge in [0.05, 0.1) is 0 Å². The molecule has 0 saturated carbocycles. The van der Waals surface area contributed by atoms with E-state index in [2.05, 4.69) is 25.6 Å². The Hall–Kier alpha value is -0.510. The van der Waals surface area contributed by atoms with Gasteiger partial charge in [-0.25, -0.2) is 6.57 Å². The van der Waals surface area contributed by atoms with Crippen molar-refractivity contribution in [2.75, 3.05) is 6.54 Å². The van der Waals surface area contributed by atoms with Crippen molar-refractivity contribution in [1.29, 1.82) is 0 Å². The van der Waals surface area contributed by atoms with E-state index in [1.54, 1.807) is 0 Å². The molecule has 0 aromatic rings. The van der Waals surface area contributed by atoms with Crippen molar-refractivity contribution in [2.45, 2.75) is 33.6 Å². The van der Waals surface area contributed by atoms with Crippen molar-refractivity contribution in [3.8, 4) is 0 Å². The lowest BCUT2D eigenvalue weighted by molar-refractivity contribution is 0.372. The number of rotatable bonds is 2. The lowest BCUT2D eigenvalue weighted by Gasteiger charge is -2.15. The van der Waals surface area contributed by atoms with Gasteiger partial charge in [0.25, 0.3) is 0 Å². The van der Waals surface area contributed by atoms with E-state index in [-0.39, 0.29) is 0 Å². The molecule has 0 aliphatic carbocycles. The lowest BCUT2D eigenvalue weighted by atomic mass is 9.91. The minimum Gasteiger partial charge on any atom is -0.317 e. The summed E-state index contributed by atoms with van der Waals surface area (Å²) < 4.78 is 0. The molecular weight excluding hydrogens is 110 g/mol. The Labute approximate surface area is 57.9 Å². The summed E-state index contributed by atoms with van der Waals surface area (Å²) in [5, 5.41) is 0. The van der Waals surface area contributed by atoms with Gasteiger partial charge in [-0.2, -0.15) is 0 Å². The highest BCUT2D eigenvalue weighted by Gasteiger charge is 2.09. The van der Waals surface area contributed by atoms with Crippen molar-refractivity contribution in [3.05, 3.63) is 11.4 Å². The summed E-state index contributed by atoms with van der Waals surface area (Å²) in [6, 6.07) is 0. The largest absolute Gasteiger partial charge is 0.317 e. The monoisotopic (exact) mass is 125 g/mol. The summed E-state index contributed by atoms with van der Waals surface area (Å²) in [6.45, 7) is 13.8. The number of hydrogen-bond donors (Lipinski definition) is 0. The van der Waals surface area contributed by atoms with Gasteiger partial charge in [0.1, 0.15) is 0 Å². The van der Waals surface area contributed by atoms with E-state index in [1.807, 2.05) is 0 Å². The van der Waals surface area contributed by atoms with E-state index in [1.165, 1.54) is 0 Å². The first kappa shape index (κ1) is 8.49. The van der Waals surface area contributed by atoms with Gasteiger partial charge >= 0.3 is 0 Å². The predicted octanol–water partition coefficient (Wildman–Crippen LogP) is 2.73. The van der Waals surface area contributed by atoms with Crippen molar-refractivity contribution >= 4 is 0 Å². The lowest BCUT2D eigenvalue weighted by Crippen LogP contribution is -2.04. The van der Waals surface area contributed by atoms with Crippen LogP contribution in [-0.2, 0) is 0 Å². The van der Waals surface area contributed by atoms with Crippen LogP contribution in [0.5, 0.6) is 0 Å². The van der Waals surface area contributed by atoms with Crippen molar-refractivity contribution in [3.63, 3.8) is 0 Å². The average molecular weight is 125 g/mol. The van der Waals surface area contributed by atoms with Crippen molar-refractivity contribution in [1.82, 2.24) is 0 Å². The summed E-state index contributed by atoms with van der Waals surface area (Å²) in [5.41, 5.74) is 0.407. The third-order valence-corrected chi connectivity index (χ3v) is 1.20. The maximum atomic E-state index is 6.54. The molecule has 0 rings (SSSR count). The van der Waals surface area contributed by atoms with Gasteiger partial charge in [-0.1, -0.05) is 20.8 Å². The standard InChI is InChI=1S/C8H15N/c1-8(2,3)6-5-7-9-4/h5-7H2,1-3H3. The zero-order valence-corrected chi connectivity index (χ0v) is 6.57. The quantitative estimate of drug-likeness (QED) is 0.395. The summed E-state index contributed by atoms with van der Waals surface area (Å²) in [7, 11) is 0. The first-order valence-corrected chi connectivity index (χ1v) is 3.39. The highest BCUT2D eigenvalue weighted by atomic mass is 14.6.